The molecule has 3 nitrogen and oxygen atoms in total. The van der Waals surface area contributed by atoms with Gasteiger partial charge in [0.05, 0.1) is 12.7 Å². The van der Waals surface area contributed by atoms with Crippen LogP contribution in [0.2, 0.25) is 36.3 Å². The van der Waals surface area contributed by atoms with Crippen molar-refractivity contribution in [2.45, 2.75) is 116 Å². The van der Waals surface area contributed by atoms with Crippen LogP contribution in [0.4, 0.5) is 0 Å². The minimum Gasteiger partial charge on any atom is -0.416 e. The minimum atomic E-state index is -1.70. The van der Waals surface area contributed by atoms with Crippen LogP contribution in [0.5, 0.6) is 0 Å². The van der Waals surface area contributed by atoms with E-state index in [-0.39, 0.29) is 16.2 Å². The summed E-state index contributed by atoms with van der Waals surface area (Å²) in [6.45, 7) is 27.0. The first-order chi connectivity index (χ1) is 11.6. The molecule has 0 aromatic rings. The molecule has 0 N–H and O–H groups in total. The number of hydrogen-bond donors (Lipinski definition) is 0. The molecular formula is C21H46O3Si2. The van der Waals surface area contributed by atoms with Gasteiger partial charge in [-0.25, -0.2) is 0 Å². The number of hydrogen-bond acceptors (Lipinski definition) is 3. The monoisotopic (exact) mass is 402 g/mol. The zero-order valence-corrected chi connectivity index (χ0v) is 21.5. The van der Waals surface area contributed by atoms with Gasteiger partial charge in [-0.3, -0.25) is 0 Å². The van der Waals surface area contributed by atoms with Gasteiger partial charge in [0.15, 0.2) is 16.6 Å². The number of ether oxygens (including phenoxy) is 1. The first-order valence-electron chi connectivity index (χ1n) is 10.6. The molecule has 0 amide bonds. The maximum Gasteiger partial charge on any atom is 0.192 e. The van der Waals surface area contributed by atoms with E-state index < -0.39 is 16.6 Å². The second-order valence-electron chi connectivity index (χ2n) is 11.2. The van der Waals surface area contributed by atoms with E-state index in [9.17, 15) is 0 Å². The van der Waals surface area contributed by atoms with E-state index in [4.69, 9.17) is 13.6 Å². The Kier molecular flexibility index (Phi) is 8.21. The molecule has 156 valence electrons. The van der Waals surface area contributed by atoms with Gasteiger partial charge in [-0.05, 0) is 42.7 Å². The summed E-state index contributed by atoms with van der Waals surface area (Å²) in [4.78, 5) is 0. The van der Waals surface area contributed by atoms with Crippen LogP contribution in [0.1, 0.15) is 67.7 Å². The second kappa shape index (κ2) is 8.77. The van der Waals surface area contributed by atoms with Crippen molar-refractivity contribution in [3.05, 3.63) is 0 Å². The van der Waals surface area contributed by atoms with E-state index in [0.717, 1.165) is 13.2 Å². The van der Waals surface area contributed by atoms with Crippen molar-refractivity contribution in [1.29, 1.82) is 0 Å². The second-order valence-corrected chi connectivity index (χ2v) is 20.8. The third-order valence-electron chi connectivity index (χ3n) is 6.89. The molecule has 0 radical (unpaired) electrons. The van der Waals surface area contributed by atoms with Crippen LogP contribution in [0.15, 0.2) is 0 Å². The lowest BCUT2D eigenvalue weighted by atomic mass is 9.98. The van der Waals surface area contributed by atoms with Crippen molar-refractivity contribution >= 4 is 16.6 Å². The van der Waals surface area contributed by atoms with Crippen LogP contribution in [0.25, 0.3) is 0 Å². The zero-order chi connectivity index (χ0) is 20.4. The zero-order valence-electron chi connectivity index (χ0n) is 19.5. The Morgan fingerprint density at radius 1 is 0.885 bits per heavy atom. The lowest BCUT2D eigenvalue weighted by Crippen LogP contribution is -2.43. The van der Waals surface area contributed by atoms with Gasteiger partial charge in [0, 0.05) is 12.5 Å². The summed E-state index contributed by atoms with van der Waals surface area (Å²) in [6.07, 6.45) is 4.28. The molecule has 1 rings (SSSR count). The van der Waals surface area contributed by atoms with Gasteiger partial charge < -0.3 is 13.6 Å². The molecule has 0 aliphatic carbocycles. The van der Waals surface area contributed by atoms with Gasteiger partial charge in [-0.15, -0.1) is 0 Å². The van der Waals surface area contributed by atoms with Crippen LogP contribution in [0.3, 0.4) is 0 Å². The highest BCUT2D eigenvalue weighted by Gasteiger charge is 2.48. The lowest BCUT2D eigenvalue weighted by molar-refractivity contribution is 0.184. The molecule has 3 atom stereocenters. The topological polar surface area (TPSA) is 31.0 Å². The molecule has 0 saturated carbocycles. The Balaban J connectivity index is 2.58. The molecule has 1 fully saturated rings. The molecule has 0 bridgehead atoms. The number of epoxide rings is 1. The Bertz CT molecular complexity index is 436. The SMILES string of the molecule is CCCC[C@@H](CO[Si](C)(C)C(C)(C)C)[C@H]1O[C@H]1CO[Si](C)(C)C(C)(C)C. The molecular weight excluding hydrogens is 356 g/mol. The van der Waals surface area contributed by atoms with E-state index in [2.05, 4.69) is 74.7 Å². The predicted molar refractivity (Wildman–Crippen MR) is 118 cm³/mol. The average Bonchev–Trinajstić information content (AvgIpc) is 3.22. The molecule has 1 heterocycles. The molecule has 26 heavy (non-hydrogen) atoms. The summed E-state index contributed by atoms with van der Waals surface area (Å²) in [5, 5.41) is 0.516. The number of rotatable bonds is 10. The molecule has 5 heteroatoms. The molecule has 0 aromatic heterocycles. The molecule has 1 aliphatic heterocycles. The standard InChI is InChI=1S/C21H46O3Si2/c1-12-13-14-17(15-22-25(8,9)20(2,3)4)19-18(24-19)16-23-26(10,11)21(5,6)7/h17-19H,12-16H2,1-11H3/t17-,18-,19+/m0/s1. The maximum atomic E-state index is 6.53. The van der Waals surface area contributed by atoms with Gasteiger partial charge in [0.1, 0.15) is 6.10 Å². The van der Waals surface area contributed by atoms with E-state index in [1.54, 1.807) is 0 Å². The van der Waals surface area contributed by atoms with Crippen molar-refractivity contribution < 1.29 is 13.6 Å². The molecule has 0 aromatic carbocycles. The molecule has 1 saturated heterocycles. The summed E-state index contributed by atoms with van der Waals surface area (Å²) in [6, 6.07) is 0. The maximum absolute atomic E-state index is 6.53. The quantitative estimate of drug-likeness (QED) is 0.304. The highest BCUT2D eigenvalue weighted by molar-refractivity contribution is 6.74. The predicted octanol–water partition coefficient (Wildman–Crippen LogP) is 6.60. The third-order valence-corrected chi connectivity index (χ3v) is 15.9. The molecule has 0 spiro atoms. The van der Waals surface area contributed by atoms with Gasteiger partial charge >= 0.3 is 0 Å². The smallest absolute Gasteiger partial charge is 0.192 e. The van der Waals surface area contributed by atoms with E-state index in [1.165, 1.54) is 19.3 Å². The Hall–Kier alpha value is 0.314. The van der Waals surface area contributed by atoms with Crippen LogP contribution in [-0.4, -0.2) is 42.1 Å². The van der Waals surface area contributed by atoms with Crippen molar-refractivity contribution in [3.8, 4) is 0 Å². The van der Waals surface area contributed by atoms with Crippen molar-refractivity contribution in [2.75, 3.05) is 13.2 Å². The van der Waals surface area contributed by atoms with Crippen molar-refractivity contribution in [2.24, 2.45) is 5.92 Å². The van der Waals surface area contributed by atoms with Crippen LogP contribution in [0, 0.1) is 5.92 Å². The summed E-state index contributed by atoms with van der Waals surface area (Å²) in [5.74, 6) is 0.511. The van der Waals surface area contributed by atoms with Gasteiger partial charge in [-0.2, -0.15) is 0 Å². The Morgan fingerprint density at radius 3 is 1.85 bits per heavy atom. The van der Waals surface area contributed by atoms with Gasteiger partial charge in [0.25, 0.3) is 0 Å². The summed E-state index contributed by atoms with van der Waals surface area (Å²) < 4.78 is 19.0. The third kappa shape index (κ3) is 6.73. The fraction of sp³-hybridized carbons (Fsp3) is 1.00. The van der Waals surface area contributed by atoms with Crippen LogP contribution >= 0.6 is 0 Å². The molecule has 1 aliphatic rings. The highest BCUT2D eigenvalue weighted by atomic mass is 28.4. The first kappa shape index (κ1) is 24.4. The molecule has 0 unspecified atom stereocenters. The minimum absolute atomic E-state index is 0.254. The van der Waals surface area contributed by atoms with E-state index >= 15 is 0 Å². The van der Waals surface area contributed by atoms with Gasteiger partial charge in [-0.1, -0.05) is 61.3 Å². The lowest BCUT2D eigenvalue weighted by Gasteiger charge is -2.37. The fourth-order valence-electron chi connectivity index (χ4n) is 2.55. The summed E-state index contributed by atoms with van der Waals surface area (Å²) in [7, 11) is -3.40. The average molecular weight is 403 g/mol. The fourth-order valence-corrected chi connectivity index (χ4v) is 4.63. The van der Waals surface area contributed by atoms with Crippen molar-refractivity contribution in [1.82, 2.24) is 0 Å². The number of unbranched alkanes of at least 4 members (excludes halogenated alkanes) is 1. The van der Waals surface area contributed by atoms with Crippen LogP contribution < -0.4 is 0 Å². The van der Waals surface area contributed by atoms with E-state index in [1.807, 2.05) is 0 Å². The van der Waals surface area contributed by atoms with Gasteiger partial charge in [0.2, 0.25) is 0 Å². The van der Waals surface area contributed by atoms with Crippen molar-refractivity contribution in [3.63, 3.8) is 0 Å². The highest BCUT2D eigenvalue weighted by Crippen LogP contribution is 2.41. The Morgan fingerprint density at radius 2 is 1.38 bits per heavy atom. The summed E-state index contributed by atoms with van der Waals surface area (Å²) in [5.41, 5.74) is 0. The van der Waals surface area contributed by atoms with E-state index in [0.29, 0.717) is 12.0 Å². The normalized spacial score (nSPS) is 23.2. The Labute approximate surface area is 165 Å². The van der Waals surface area contributed by atoms with Crippen LogP contribution in [-0.2, 0) is 13.6 Å². The first-order valence-corrected chi connectivity index (χ1v) is 16.4. The summed E-state index contributed by atoms with van der Waals surface area (Å²) >= 11 is 0. The largest absolute Gasteiger partial charge is 0.416 e.